The van der Waals surface area contributed by atoms with Crippen molar-refractivity contribution in [3.05, 3.63) is 62.9 Å². The van der Waals surface area contributed by atoms with Gasteiger partial charge in [0, 0.05) is 24.8 Å². The molecule has 2 heterocycles. The fraction of sp³-hybridized carbons (Fsp3) is 0.417. The summed E-state index contributed by atoms with van der Waals surface area (Å²) in [4.78, 5) is 15.8. The molecule has 1 atom stereocenters. The number of pyridine rings is 1. The molecule has 2 N–H and O–H groups in total. The number of fused-ring (bicyclic) bond motifs is 1. The van der Waals surface area contributed by atoms with E-state index < -0.39 is 5.92 Å². The average Bonchev–Trinajstić information content (AvgIpc) is 2.77. The van der Waals surface area contributed by atoms with Gasteiger partial charge in [-0.25, -0.2) is 0 Å². The van der Waals surface area contributed by atoms with Crippen LogP contribution in [0, 0.1) is 11.3 Å². The predicted octanol–water partition coefficient (Wildman–Crippen LogP) is 2.60. The number of aromatic nitrogens is 1. The zero-order chi connectivity index (χ0) is 23.4. The molecule has 0 radical (unpaired) electrons. The van der Waals surface area contributed by atoms with Gasteiger partial charge in [0.15, 0.2) is 11.5 Å². The van der Waals surface area contributed by atoms with Crippen LogP contribution in [0.2, 0.25) is 0 Å². The van der Waals surface area contributed by atoms with Crippen LogP contribution >= 0.6 is 0 Å². The van der Waals surface area contributed by atoms with Crippen LogP contribution < -0.4 is 25.5 Å². The van der Waals surface area contributed by atoms with E-state index in [0.717, 1.165) is 18.5 Å². The highest BCUT2D eigenvalue weighted by Crippen LogP contribution is 2.42. The fourth-order valence-electron chi connectivity index (χ4n) is 3.99. The van der Waals surface area contributed by atoms with E-state index in [1.807, 2.05) is 31.1 Å². The lowest BCUT2D eigenvalue weighted by molar-refractivity contribution is 0.354. The summed E-state index contributed by atoms with van der Waals surface area (Å²) in [6.45, 7) is 3.31. The third kappa shape index (κ3) is 4.30. The maximum atomic E-state index is 13.8. The van der Waals surface area contributed by atoms with Gasteiger partial charge in [-0.1, -0.05) is 19.4 Å². The van der Waals surface area contributed by atoms with E-state index in [4.69, 9.17) is 19.9 Å². The molecule has 8 nitrogen and oxygen atoms in total. The first kappa shape index (κ1) is 23.2. The third-order valence-electron chi connectivity index (χ3n) is 5.59. The monoisotopic (exact) mass is 438 g/mol. The van der Waals surface area contributed by atoms with Crippen molar-refractivity contribution < 1.29 is 14.2 Å². The highest BCUT2D eigenvalue weighted by atomic mass is 16.5. The molecule has 2 aromatic rings. The van der Waals surface area contributed by atoms with Gasteiger partial charge in [-0.05, 0) is 38.2 Å². The summed E-state index contributed by atoms with van der Waals surface area (Å²) in [5.41, 5.74) is 8.15. The van der Waals surface area contributed by atoms with Crippen molar-refractivity contribution in [2.45, 2.75) is 32.2 Å². The lowest BCUT2D eigenvalue weighted by atomic mass is 9.83. The van der Waals surface area contributed by atoms with E-state index in [-0.39, 0.29) is 17.0 Å². The summed E-state index contributed by atoms with van der Waals surface area (Å²) in [6.07, 6.45) is 1.61. The summed E-state index contributed by atoms with van der Waals surface area (Å²) in [7, 11) is 7.03. The lowest BCUT2D eigenvalue weighted by Gasteiger charge is -2.28. The van der Waals surface area contributed by atoms with E-state index >= 15 is 0 Å². The first-order valence-corrected chi connectivity index (χ1v) is 10.6. The van der Waals surface area contributed by atoms with Crippen LogP contribution in [0.4, 0.5) is 0 Å². The second-order valence-electron chi connectivity index (χ2n) is 7.96. The number of rotatable bonds is 8. The number of aryl methyl sites for hydroxylation is 1. The Kier molecular flexibility index (Phi) is 7.11. The number of methoxy groups -OCH3 is 2. The van der Waals surface area contributed by atoms with Crippen LogP contribution in [-0.2, 0) is 13.0 Å². The molecule has 1 aliphatic heterocycles. The van der Waals surface area contributed by atoms with E-state index in [9.17, 15) is 10.1 Å². The maximum absolute atomic E-state index is 13.8. The van der Waals surface area contributed by atoms with E-state index in [1.54, 1.807) is 30.9 Å². The molecule has 8 heteroatoms. The molecule has 1 aromatic heterocycles. The van der Waals surface area contributed by atoms with Crippen LogP contribution in [0.1, 0.15) is 36.1 Å². The normalized spacial score (nSPS) is 15.2. The largest absolute Gasteiger partial charge is 0.493 e. The molecule has 0 bridgehead atoms. The Hall–Kier alpha value is -3.44. The second-order valence-corrected chi connectivity index (χ2v) is 7.96. The van der Waals surface area contributed by atoms with Crippen molar-refractivity contribution in [1.82, 2.24) is 9.47 Å². The minimum atomic E-state index is -0.669. The first-order valence-electron chi connectivity index (χ1n) is 10.6. The predicted molar refractivity (Wildman–Crippen MR) is 122 cm³/mol. The third-order valence-corrected chi connectivity index (χ3v) is 5.59. The molecule has 0 aliphatic carbocycles. The van der Waals surface area contributed by atoms with Gasteiger partial charge in [0.05, 0.1) is 25.7 Å². The van der Waals surface area contributed by atoms with Crippen LogP contribution in [0.5, 0.6) is 17.2 Å². The quantitative estimate of drug-likeness (QED) is 0.676. The minimum Gasteiger partial charge on any atom is -0.493 e. The molecule has 0 fully saturated rings. The number of benzene rings is 1. The smallest absolute Gasteiger partial charge is 0.258 e. The van der Waals surface area contributed by atoms with E-state index in [2.05, 4.69) is 13.0 Å². The Morgan fingerprint density at radius 3 is 2.53 bits per heavy atom. The molecule has 3 rings (SSSR count). The molecule has 32 heavy (non-hydrogen) atoms. The number of nitrogens with zero attached hydrogens (tertiary/aromatic N) is 3. The summed E-state index contributed by atoms with van der Waals surface area (Å²) in [5.74, 6) is 0.797. The van der Waals surface area contributed by atoms with Crippen molar-refractivity contribution in [3.63, 3.8) is 0 Å². The summed E-state index contributed by atoms with van der Waals surface area (Å²) < 4.78 is 18.4. The molecule has 0 saturated heterocycles. The second kappa shape index (κ2) is 9.79. The average molecular weight is 439 g/mol. The number of nitriles is 1. The highest BCUT2D eigenvalue weighted by Gasteiger charge is 2.35. The van der Waals surface area contributed by atoms with Crippen molar-refractivity contribution in [2.75, 3.05) is 34.9 Å². The van der Waals surface area contributed by atoms with Crippen molar-refractivity contribution >= 4 is 0 Å². The van der Waals surface area contributed by atoms with Gasteiger partial charge in [-0.3, -0.25) is 4.79 Å². The zero-order valence-corrected chi connectivity index (χ0v) is 19.3. The van der Waals surface area contributed by atoms with Gasteiger partial charge >= 0.3 is 0 Å². The number of hydrogen-bond donors (Lipinski definition) is 1. The number of likely N-dealkylation sites (N-methyl/N-ethyl adjacent to an activating group) is 1. The van der Waals surface area contributed by atoms with Gasteiger partial charge < -0.3 is 29.4 Å². The molecular formula is C24H30N4O4. The van der Waals surface area contributed by atoms with Gasteiger partial charge in [0.1, 0.15) is 17.4 Å². The van der Waals surface area contributed by atoms with Crippen molar-refractivity contribution in [1.29, 1.82) is 5.26 Å². The lowest BCUT2D eigenvalue weighted by Crippen LogP contribution is -2.35. The molecule has 0 spiro atoms. The summed E-state index contributed by atoms with van der Waals surface area (Å²) >= 11 is 0. The van der Waals surface area contributed by atoms with E-state index in [1.165, 1.54) is 0 Å². The van der Waals surface area contributed by atoms with Crippen LogP contribution in [-0.4, -0.2) is 44.3 Å². The Bertz CT molecular complexity index is 1130. The van der Waals surface area contributed by atoms with Gasteiger partial charge in [-0.2, -0.15) is 5.26 Å². The Morgan fingerprint density at radius 2 is 1.94 bits per heavy atom. The summed E-state index contributed by atoms with van der Waals surface area (Å²) in [5, 5.41) is 9.88. The topological polar surface area (TPSA) is 103 Å². The van der Waals surface area contributed by atoms with Gasteiger partial charge in [-0.15, -0.1) is 0 Å². The molecule has 170 valence electrons. The molecule has 1 unspecified atom stereocenters. The van der Waals surface area contributed by atoms with Gasteiger partial charge in [0.25, 0.3) is 5.56 Å². The van der Waals surface area contributed by atoms with E-state index in [0.29, 0.717) is 41.5 Å². The number of nitrogens with two attached hydrogens (primary N) is 1. The number of hydrogen-bond acceptors (Lipinski definition) is 7. The number of allylic oxidation sites excluding steroid dienone is 1. The van der Waals surface area contributed by atoms with Crippen molar-refractivity contribution in [2.24, 2.45) is 5.73 Å². The SMILES string of the molecule is CCCc1cc2c(c(=O)n1CCN(C)C)C(c1ccc(OC)c(OC)c1)C(C#N)=C(N)O2. The van der Waals surface area contributed by atoms with Crippen LogP contribution in [0.3, 0.4) is 0 Å². The first-order chi connectivity index (χ1) is 15.4. The van der Waals surface area contributed by atoms with Gasteiger partial charge in [0.2, 0.25) is 5.88 Å². The zero-order valence-electron chi connectivity index (χ0n) is 19.3. The Labute approximate surface area is 188 Å². The van der Waals surface area contributed by atoms with Crippen LogP contribution in [0.25, 0.3) is 0 Å². The van der Waals surface area contributed by atoms with Crippen molar-refractivity contribution in [3.8, 4) is 23.3 Å². The van der Waals surface area contributed by atoms with Crippen LogP contribution in [0.15, 0.2) is 40.5 Å². The highest BCUT2D eigenvalue weighted by molar-refractivity contribution is 5.57. The Balaban J connectivity index is 2.27. The molecule has 1 aromatic carbocycles. The summed E-state index contributed by atoms with van der Waals surface area (Å²) in [6, 6.07) is 9.37. The minimum absolute atomic E-state index is 0.00711. The Morgan fingerprint density at radius 1 is 1.22 bits per heavy atom. The standard InChI is InChI=1S/C24H30N4O4/c1-6-7-16-13-20-22(24(29)28(16)11-10-27(2)3)21(17(14-25)23(26)32-20)15-8-9-18(30-4)19(12-15)31-5/h8-9,12-13,21H,6-7,10-11,26H2,1-5H3. The molecule has 0 saturated carbocycles. The molecule has 0 amide bonds. The molecular weight excluding hydrogens is 408 g/mol. The molecule has 1 aliphatic rings. The fourth-order valence-corrected chi connectivity index (χ4v) is 3.99. The maximum Gasteiger partial charge on any atom is 0.258 e. The number of ether oxygens (including phenoxy) is 3.